The summed E-state index contributed by atoms with van der Waals surface area (Å²) in [6.45, 7) is 4.05. The quantitative estimate of drug-likeness (QED) is 0.627. The van der Waals surface area contributed by atoms with E-state index in [0.717, 1.165) is 10.2 Å². The monoisotopic (exact) mass is 240 g/mol. The molecule has 0 aliphatic carbocycles. The molecule has 0 atom stereocenters. The van der Waals surface area contributed by atoms with Crippen molar-refractivity contribution in [2.45, 2.75) is 13.8 Å². The Hall–Kier alpha value is -0.830. The highest BCUT2D eigenvalue weighted by Gasteiger charge is 2.01. The lowest BCUT2D eigenvalue weighted by molar-refractivity contribution is 0.873. The first-order chi connectivity index (χ1) is 6.11. The molecule has 13 heavy (non-hydrogen) atoms. The van der Waals surface area contributed by atoms with E-state index in [0.29, 0.717) is 5.84 Å². The highest BCUT2D eigenvalue weighted by Crippen LogP contribution is 2.24. The van der Waals surface area contributed by atoms with Crippen molar-refractivity contribution in [3.05, 3.63) is 28.7 Å². The Balaban J connectivity index is 2.97. The van der Waals surface area contributed by atoms with Crippen LogP contribution in [0, 0.1) is 5.92 Å². The van der Waals surface area contributed by atoms with Crippen LogP contribution in [-0.2, 0) is 0 Å². The Morgan fingerprint density at radius 3 is 2.54 bits per heavy atom. The summed E-state index contributed by atoms with van der Waals surface area (Å²) in [6, 6.07) is 7.78. The summed E-state index contributed by atoms with van der Waals surface area (Å²) in [4.78, 5) is 4.31. The molecule has 0 spiro atoms. The normalized spacial score (nSPS) is 12.2. The molecule has 0 saturated carbocycles. The van der Waals surface area contributed by atoms with Crippen molar-refractivity contribution < 1.29 is 0 Å². The second-order valence-electron chi connectivity index (χ2n) is 3.14. The lowest BCUT2D eigenvalue weighted by Crippen LogP contribution is -2.18. The molecule has 2 N–H and O–H groups in total. The maximum atomic E-state index is 5.75. The van der Waals surface area contributed by atoms with Gasteiger partial charge in [-0.3, -0.25) is 0 Å². The first-order valence-corrected chi connectivity index (χ1v) is 4.99. The highest BCUT2D eigenvalue weighted by molar-refractivity contribution is 9.10. The van der Waals surface area contributed by atoms with E-state index in [-0.39, 0.29) is 5.92 Å². The number of benzene rings is 1. The van der Waals surface area contributed by atoms with E-state index in [4.69, 9.17) is 5.73 Å². The van der Waals surface area contributed by atoms with E-state index in [9.17, 15) is 0 Å². The average molecular weight is 241 g/mol. The van der Waals surface area contributed by atoms with Gasteiger partial charge in [-0.1, -0.05) is 26.0 Å². The van der Waals surface area contributed by atoms with E-state index in [1.54, 1.807) is 0 Å². The molecule has 0 bridgehead atoms. The van der Waals surface area contributed by atoms with E-state index >= 15 is 0 Å². The molecule has 0 aliphatic rings. The van der Waals surface area contributed by atoms with Crippen LogP contribution in [0.4, 0.5) is 5.69 Å². The van der Waals surface area contributed by atoms with Crippen molar-refractivity contribution in [2.75, 3.05) is 0 Å². The predicted octanol–water partition coefficient (Wildman–Crippen LogP) is 3.09. The van der Waals surface area contributed by atoms with Crippen molar-refractivity contribution in [3.63, 3.8) is 0 Å². The molecule has 0 radical (unpaired) electrons. The van der Waals surface area contributed by atoms with E-state index < -0.39 is 0 Å². The fourth-order valence-electron chi connectivity index (χ4n) is 0.811. The maximum Gasteiger partial charge on any atom is 0.102 e. The summed E-state index contributed by atoms with van der Waals surface area (Å²) in [6.07, 6.45) is 0. The smallest absolute Gasteiger partial charge is 0.102 e. The molecular formula is C10H13BrN2. The van der Waals surface area contributed by atoms with Crippen LogP contribution in [0.1, 0.15) is 13.8 Å². The van der Waals surface area contributed by atoms with Crippen LogP contribution < -0.4 is 5.73 Å². The van der Waals surface area contributed by atoms with Gasteiger partial charge in [0, 0.05) is 10.4 Å². The predicted molar refractivity (Wildman–Crippen MR) is 60.3 cm³/mol. The molecule has 0 fully saturated rings. The molecule has 70 valence electrons. The number of hydrogen-bond acceptors (Lipinski definition) is 1. The number of nitrogens with zero attached hydrogens (tertiary/aromatic N) is 1. The standard InChI is InChI=1S/C10H13BrN2/c1-7(2)10(12)13-9-6-4-3-5-8(9)11/h3-7H,1-2H3,(H2,12,13). The van der Waals surface area contributed by atoms with Crippen molar-refractivity contribution in [2.24, 2.45) is 16.6 Å². The van der Waals surface area contributed by atoms with Crippen molar-refractivity contribution in [3.8, 4) is 0 Å². The Morgan fingerprint density at radius 1 is 1.38 bits per heavy atom. The van der Waals surface area contributed by atoms with Gasteiger partial charge in [0.05, 0.1) is 5.69 Å². The van der Waals surface area contributed by atoms with Gasteiger partial charge >= 0.3 is 0 Å². The highest BCUT2D eigenvalue weighted by atomic mass is 79.9. The summed E-state index contributed by atoms with van der Waals surface area (Å²) in [5, 5.41) is 0. The molecule has 1 aromatic carbocycles. The third-order valence-electron chi connectivity index (χ3n) is 1.69. The Bertz CT molecular complexity index is 318. The van der Waals surface area contributed by atoms with Gasteiger partial charge < -0.3 is 5.73 Å². The van der Waals surface area contributed by atoms with Gasteiger partial charge in [0.15, 0.2) is 0 Å². The lowest BCUT2D eigenvalue weighted by atomic mass is 10.2. The summed E-state index contributed by atoms with van der Waals surface area (Å²) >= 11 is 3.41. The van der Waals surface area contributed by atoms with Crippen LogP contribution in [0.15, 0.2) is 33.7 Å². The third-order valence-corrected chi connectivity index (χ3v) is 2.36. The first-order valence-electron chi connectivity index (χ1n) is 4.20. The number of nitrogens with two attached hydrogens (primary N) is 1. The Labute approximate surface area is 87.0 Å². The van der Waals surface area contributed by atoms with Gasteiger partial charge in [-0.25, -0.2) is 4.99 Å². The largest absolute Gasteiger partial charge is 0.387 e. The molecule has 0 heterocycles. The van der Waals surface area contributed by atoms with E-state index in [1.807, 2.05) is 38.1 Å². The number of halogens is 1. The van der Waals surface area contributed by atoms with Gasteiger partial charge in [0.2, 0.25) is 0 Å². The van der Waals surface area contributed by atoms with Crippen molar-refractivity contribution in [1.29, 1.82) is 0 Å². The summed E-state index contributed by atoms with van der Waals surface area (Å²) in [5.41, 5.74) is 6.63. The molecular weight excluding hydrogens is 228 g/mol. The molecule has 3 heteroatoms. The molecule has 2 nitrogen and oxygen atoms in total. The summed E-state index contributed by atoms with van der Waals surface area (Å²) < 4.78 is 0.971. The minimum absolute atomic E-state index is 0.284. The first kappa shape index (κ1) is 10.3. The number of aliphatic imine (C=N–C) groups is 1. The molecule has 0 unspecified atom stereocenters. The van der Waals surface area contributed by atoms with E-state index in [2.05, 4.69) is 20.9 Å². The zero-order chi connectivity index (χ0) is 9.84. The van der Waals surface area contributed by atoms with Gasteiger partial charge in [-0.15, -0.1) is 0 Å². The fraction of sp³-hybridized carbons (Fsp3) is 0.300. The topological polar surface area (TPSA) is 38.4 Å². The molecule has 1 rings (SSSR count). The second kappa shape index (κ2) is 4.42. The van der Waals surface area contributed by atoms with Crippen molar-refractivity contribution >= 4 is 27.5 Å². The van der Waals surface area contributed by atoms with Gasteiger partial charge in [0.1, 0.15) is 5.84 Å². The fourth-order valence-corrected chi connectivity index (χ4v) is 1.18. The molecule has 0 aromatic heterocycles. The zero-order valence-corrected chi connectivity index (χ0v) is 9.38. The van der Waals surface area contributed by atoms with Crippen LogP contribution in [-0.4, -0.2) is 5.84 Å². The molecule has 0 aliphatic heterocycles. The maximum absolute atomic E-state index is 5.75. The van der Waals surface area contributed by atoms with Gasteiger partial charge in [-0.05, 0) is 28.1 Å². The second-order valence-corrected chi connectivity index (χ2v) is 4.00. The minimum atomic E-state index is 0.284. The van der Waals surface area contributed by atoms with Crippen molar-refractivity contribution in [1.82, 2.24) is 0 Å². The molecule has 0 saturated heterocycles. The number of hydrogen-bond donors (Lipinski definition) is 1. The van der Waals surface area contributed by atoms with Gasteiger partial charge in [0.25, 0.3) is 0 Å². The van der Waals surface area contributed by atoms with Crippen LogP contribution in [0.3, 0.4) is 0 Å². The average Bonchev–Trinajstić information content (AvgIpc) is 2.08. The van der Waals surface area contributed by atoms with Crippen LogP contribution in [0.5, 0.6) is 0 Å². The SMILES string of the molecule is CC(C)C(N)=Nc1ccccc1Br. The number of para-hydroxylation sites is 1. The van der Waals surface area contributed by atoms with Crippen LogP contribution in [0.2, 0.25) is 0 Å². The van der Waals surface area contributed by atoms with Gasteiger partial charge in [-0.2, -0.15) is 0 Å². The Morgan fingerprint density at radius 2 is 2.00 bits per heavy atom. The lowest BCUT2D eigenvalue weighted by Gasteiger charge is -2.04. The summed E-state index contributed by atoms with van der Waals surface area (Å²) in [5.74, 6) is 0.944. The summed E-state index contributed by atoms with van der Waals surface area (Å²) in [7, 11) is 0. The van der Waals surface area contributed by atoms with Crippen LogP contribution >= 0.6 is 15.9 Å². The van der Waals surface area contributed by atoms with Crippen LogP contribution in [0.25, 0.3) is 0 Å². The third kappa shape index (κ3) is 2.84. The Kier molecular flexibility index (Phi) is 3.48. The zero-order valence-electron chi connectivity index (χ0n) is 7.79. The number of rotatable bonds is 2. The van der Waals surface area contributed by atoms with E-state index in [1.165, 1.54) is 0 Å². The minimum Gasteiger partial charge on any atom is -0.387 e. The molecule has 1 aromatic rings. The number of amidine groups is 1. The molecule has 0 amide bonds.